The van der Waals surface area contributed by atoms with Gasteiger partial charge in [-0.15, -0.1) is 11.3 Å². The van der Waals surface area contributed by atoms with Gasteiger partial charge in [0.1, 0.15) is 0 Å². The molecule has 6 heteroatoms. The van der Waals surface area contributed by atoms with Crippen molar-refractivity contribution < 1.29 is 4.79 Å². The molecule has 2 rings (SSSR count). The van der Waals surface area contributed by atoms with Gasteiger partial charge in [0.25, 0.3) is 0 Å². The molecule has 0 atom stereocenters. The molecular formula is C16H20N4OS. The molecule has 0 saturated heterocycles. The van der Waals surface area contributed by atoms with E-state index in [1.54, 1.807) is 21.8 Å². The third-order valence-corrected chi connectivity index (χ3v) is 3.58. The predicted octanol–water partition coefficient (Wildman–Crippen LogP) is 2.48. The van der Waals surface area contributed by atoms with Crippen LogP contribution in [-0.2, 0) is 4.79 Å². The number of carbonyl (C=O) groups excluding carboxylic acids is 1. The number of rotatable bonds is 5. The van der Waals surface area contributed by atoms with Gasteiger partial charge in [0.05, 0.1) is 5.69 Å². The van der Waals surface area contributed by atoms with Crippen molar-refractivity contribution in [3.63, 3.8) is 0 Å². The van der Waals surface area contributed by atoms with Gasteiger partial charge in [0, 0.05) is 17.5 Å². The summed E-state index contributed by atoms with van der Waals surface area (Å²) in [6, 6.07) is 10.1. The zero-order chi connectivity index (χ0) is 16.4. The van der Waals surface area contributed by atoms with Gasteiger partial charge in [-0.2, -0.15) is 0 Å². The zero-order valence-corrected chi connectivity index (χ0v) is 13.2. The van der Waals surface area contributed by atoms with Crippen molar-refractivity contribution in [3.8, 4) is 0 Å². The lowest BCUT2D eigenvalue weighted by Gasteiger charge is -2.16. The number of thiophene rings is 1. The summed E-state index contributed by atoms with van der Waals surface area (Å²) < 4.78 is 0. The molecular weight excluding hydrogens is 296 g/mol. The molecule has 1 amide bonds. The maximum Gasteiger partial charge on any atom is 0.221 e. The molecule has 1 aromatic carbocycles. The smallest absolute Gasteiger partial charge is 0.221 e. The van der Waals surface area contributed by atoms with Crippen molar-refractivity contribution in [1.29, 1.82) is 0 Å². The molecule has 0 fully saturated rings. The first-order chi connectivity index (χ1) is 10.6. The maximum absolute atomic E-state index is 8.94. The fourth-order valence-corrected chi connectivity index (χ4v) is 2.41. The minimum Gasteiger partial charge on any atom is -0.314 e. The molecule has 1 aromatic heterocycles. The van der Waals surface area contributed by atoms with E-state index in [0.29, 0.717) is 6.41 Å². The Kier molecular flexibility index (Phi) is 7.63. The SMILES string of the molecule is C=Cc1cccc(N(C)N)c1/C=C/c1cccs1.NNC=O. The van der Waals surface area contributed by atoms with E-state index in [2.05, 4.69) is 36.0 Å². The Morgan fingerprint density at radius 1 is 1.27 bits per heavy atom. The molecule has 5 N–H and O–H groups in total. The van der Waals surface area contributed by atoms with Crippen molar-refractivity contribution >= 4 is 41.7 Å². The van der Waals surface area contributed by atoms with Gasteiger partial charge in [0.15, 0.2) is 0 Å². The Labute approximate surface area is 134 Å². The number of benzene rings is 1. The first-order valence-electron chi connectivity index (χ1n) is 6.49. The van der Waals surface area contributed by atoms with Crippen molar-refractivity contribution in [2.75, 3.05) is 12.1 Å². The Hall–Kier alpha value is -2.41. The Bertz CT molecular complexity index is 621. The number of hydrogen-bond acceptors (Lipinski definition) is 5. The van der Waals surface area contributed by atoms with Crippen LogP contribution in [0.25, 0.3) is 18.2 Å². The normalized spacial score (nSPS) is 9.77. The third-order valence-electron chi connectivity index (χ3n) is 2.74. The van der Waals surface area contributed by atoms with Crippen LogP contribution in [0.4, 0.5) is 5.69 Å². The second kappa shape index (κ2) is 9.51. The zero-order valence-electron chi connectivity index (χ0n) is 12.4. The highest BCUT2D eigenvalue weighted by atomic mass is 32.1. The number of amides is 1. The summed E-state index contributed by atoms with van der Waals surface area (Å²) in [4.78, 5) is 10.2. The van der Waals surface area contributed by atoms with Gasteiger partial charge < -0.3 is 5.01 Å². The van der Waals surface area contributed by atoms with Crippen LogP contribution < -0.4 is 22.1 Å². The molecule has 0 unspecified atom stereocenters. The molecule has 1 heterocycles. The summed E-state index contributed by atoms with van der Waals surface area (Å²) in [7, 11) is 1.84. The average molecular weight is 316 g/mol. The van der Waals surface area contributed by atoms with Crippen LogP contribution >= 0.6 is 11.3 Å². The maximum atomic E-state index is 8.94. The van der Waals surface area contributed by atoms with Crippen LogP contribution in [0.15, 0.2) is 42.3 Å². The van der Waals surface area contributed by atoms with E-state index in [9.17, 15) is 0 Å². The van der Waals surface area contributed by atoms with Crippen molar-refractivity contribution in [2.24, 2.45) is 11.7 Å². The number of nitrogens with zero attached hydrogens (tertiary/aromatic N) is 1. The topological polar surface area (TPSA) is 84.4 Å². The molecule has 0 aliphatic carbocycles. The summed E-state index contributed by atoms with van der Waals surface area (Å²) in [6.45, 7) is 3.85. The van der Waals surface area contributed by atoms with E-state index in [0.717, 1.165) is 16.8 Å². The minimum absolute atomic E-state index is 0.403. The van der Waals surface area contributed by atoms with E-state index >= 15 is 0 Å². The number of hydrogen-bond donors (Lipinski definition) is 3. The largest absolute Gasteiger partial charge is 0.314 e. The van der Waals surface area contributed by atoms with Crippen molar-refractivity contribution in [2.45, 2.75) is 0 Å². The highest BCUT2D eigenvalue weighted by Gasteiger charge is 2.05. The lowest BCUT2D eigenvalue weighted by molar-refractivity contribution is -0.109. The van der Waals surface area contributed by atoms with Crippen LogP contribution in [0, 0.1) is 0 Å². The summed E-state index contributed by atoms with van der Waals surface area (Å²) in [6.07, 6.45) is 6.43. The number of nitrogens with one attached hydrogen (secondary N) is 1. The molecule has 0 aliphatic rings. The standard InChI is InChI=1S/C15H16N2S.CH4N2O/c1-3-12-6-4-8-15(17(2)16)14(12)10-9-13-7-5-11-18-13;2-3-1-4/h3-11H,1,16H2,2H3;1H,2H2,(H,3,4)/b10-9+;. The van der Waals surface area contributed by atoms with Gasteiger partial charge in [-0.05, 0) is 29.2 Å². The molecule has 2 aromatic rings. The summed E-state index contributed by atoms with van der Waals surface area (Å²) in [5, 5.41) is 3.69. The number of hydrazine groups is 2. The van der Waals surface area contributed by atoms with E-state index in [4.69, 9.17) is 10.6 Å². The van der Waals surface area contributed by atoms with Crippen LogP contribution in [0.1, 0.15) is 16.0 Å². The lowest BCUT2D eigenvalue weighted by Crippen LogP contribution is -2.25. The van der Waals surface area contributed by atoms with Gasteiger partial charge in [-0.25, -0.2) is 11.7 Å². The van der Waals surface area contributed by atoms with Crippen molar-refractivity contribution in [3.05, 3.63) is 58.3 Å². The fourth-order valence-electron chi connectivity index (χ4n) is 1.79. The van der Waals surface area contributed by atoms with E-state index in [1.165, 1.54) is 4.88 Å². The first-order valence-corrected chi connectivity index (χ1v) is 7.37. The van der Waals surface area contributed by atoms with Crippen LogP contribution in [-0.4, -0.2) is 13.5 Å². The molecule has 0 saturated carbocycles. The minimum atomic E-state index is 0.403. The van der Waals surface area contributed by atoms with E-state index in [1.807, 2.05) is 37.4 Å². The van der Waals surface area contributed by atoms with Crippen LogP contribution in [0.3, 0.4) is 0 Å². The number of carbonyl (C=O) groups is 1. The summed E-state index contributed by atoms with van der Waals surface area (Å²) >= 11 is 1.71. The van der Waals surface area contributed by atoms with Crippen molar-refractivity contribution in [1.82, 2.24) is 5.43 Å². The van der Waals surface area contributed by atoms with Gasteiger partial charge >= 0.3 is 0 Å². The second-order valence-corrected chi connectivity index (χ2v) is 5.21. The Morgan fingerprint density at radius 2 is 2.00 bits per heavy atom. The van der Waals surface area contributed by atoms with Gasteiger partial charge in [0.2, 0.25) is 6.41 Å². The molecule has 0 aliphatic heterocycles. The molecule has 0 radical (unpaired) electrons. The van der Waals surface area contributed by atoms with Crippen LogP contribution in [0.5, 0.6) is 0 Å². The Balaban J connectivity index is 0.000000541. The molecule has 116 valence electrons. The highest BCUT2D eigenvalue weighted by molar-refractivity contribution is 7.10. The Morgan fingerprint density at radius 3 is 2.50 bits per heavy atom. The third kappa shape index (κ3) is 5.17. The van der Waals surface area contributed by atoms with E-state index < -0.39 is 0 Å². The molecule has 22 heavy (non-hydrogen) atoms. The lowest BCUT2D eigenvalue weighted by atomic mass is 10.0. The second-order valence-electron chi connectivity index (χ2n) is 4.23. The quantitative estimate of drug-likeness (QED) is 0.342. The predicted molar refractivity (Wildman–Crippen MR) is 95.8 cm³/mol. The average Bonchev–Trinajstić information content (AvgIpc) is 3.06. The molecule has 5 nitrogen and oxygen atoms in total. The number of nitrogens with two attached hydrogens (primary N) is 2. The van der Waals surface area contributed by atoms with Gasteiger partial charge in [-0.1, -0.05) is 36.9 Å². The fraction of sp³-hybridized carbons (Fsp3) is 0.0625. The van der Waals surface area contributed by atoms with Gasteiger partial charge in [-0.3, -0.25) is 10.2 Å². The molecule has 0 bridgehead atoms. The number of anilines is 1. The highest BCUT2D eigenvalue weighted by Crippen LogP contribution is 2.25. The monoisotopic (exact) mass is 316 g/mol. The summed E-state index contributed by atoms with van der Waals surface area (Å²) in [5.41, 5.74) is 4.91. The van der Waals surface area contributed by atoms with E-state index in [-0.39, 0.29) is 0 Å². The van der Waals surface area contributed by atoms with Crippen LogP contribution in [0.2, 0.25) is 0 Å². The first kappa shape index (κ1) is 17.6. The molecule has 0 spiro atoms. The summed E-state index contributed by atoms with van der Waals surface area (Å²) in [5.74, 6) is 10.3.